The molecule has 21 heavy (non-hydrogen) atoms. The molecule has 0 radical (unpaired) electrons. The van der Waals surface area contributed by atoms with Crippen LogP contribution in [0.3, 0.4) is 0 Å². The predicted octanol–water partition coefficient (Wildman–Crippen LogP) is 3.55. The summed E-state index contributed by atoms with van der Waals surface area (Å²) < 4.78 is 4.59. The van der Waals surface area contributed by atoms with Gasteiger partial charge in [0.05, 0.1) is 0 Å². The summed E-state index contributed by atoms with van der Waals surface area (Å²) in [7, 11) is 0. The van der Waals surface area contributed by atoms with Crippen LogP contribution in [0.15, 0.2) is 0 Å². The van der Waals surface area contributed by atoms with E-state index < -0.39 is 12.0 Å². The van der Waals surface area contributed by atoms with Gasteiger partial charge in [-0.1, -0.05) is 63.5 Å². The summed E-state index contributed by atoms with van der Waals surface area (Å²) in [5, 5.41) is 5.24. The summed E-state index contributed by atoms with van der Waals surface area (Å²) in [4.78, 5) is 22.8. The van der Waals surface area contributed by atoms with Gasteiger partial charge in [0.1, 0.15) is 6.04 Å². The van der Waals surface area contributed by atoms with Gasteiger partial charge in [-0.15, -0.1) is 0 Å². The van der Waals surface area contributed by atoms with Crippen LogP contribution in [0, 0.1) is 0 Å². The summed E-state index contributed by atoms with van der Waals surface area (Å²) in [5.74, 6) is -0.535. The molecular weight excluding hydrogens is 292 g/mol. The van der Waals surface area contributed by atoms with Crippen molar-refractivity contribution in [3.8, 4) is 0 Å². The van der Waals surface area contributed by atoms with Crippen molar-refractivity contribution in [1.82, 2.24) is 10.6 Å². The molecule has 124 valence electrons. The maximum absolute atomic E-state index is 11.5. The number of carbonyl (C=O) groups is 2. The van der Waals surface area contributed by atoms with E-state index in [2.05, 4.69) is 22.3 Å². The largest absolute Gasteiger partial charge is 0.448 e. The van der Waals surface area contributed by atoms with Crippen molar-refractivity contribution in [2.75, 3.05) is 12.6 Å². The fourth-order valence-electron chi connectivity index (χ4n) is 1.95. The van der Waals surface area contributed by atoms with Gasteiger partial charge in [-0.25, -0.2) is 9.59 Å². The molecule has 0 aliphatic heterocycles. The first-order valence-electron chi connectivity index (χ1n) is 7.88. The van der Waals surface area contributed by atoms with Crippen molar-refractivity contribution >= 4 is 23.6 Å². The molecule has 0 aromatic heterocycles. The lowest BCUT2D eigenvalue weighted by molar-refractivity contribution is -0.143. The third kappa shape index (κ3) is 12.5. The Labute approximate surface area is 133 Å². The summed E-state index contributed by atoms with van der Waals surface area (Å²) in [5.41, 5.74) is 0. The molecule has 6 heteroatoms. The second-order valence-electron chi connectivity index (χ2n) is 5.17. The van der Waals surface area contributed by atoms with Crippen molar-refractivity contribution in [3.05, 3.63) is 0 Å². The number of urea groups is 1. The van der Waals surface area contributed by atoms with Crippen LogP contribution in [-0.4, -0.2) is 30.7 Å². The van der Waals surface area contributed by atoms with Gasteiger partial charge in [0.25, 0.3) is 0 Å². The highest BCUT2D eigenvalue weighted by atomic mass is 35.5. The number of hydrogen-bond donors (Lipinski definition) is 2. The van der Waals surface area contributed by atoms with E-state index in [1.807, 2.05) is 0 Å². The Morgan fingerprint density at radius 2 is 1.62 bits per heavy atom. The number of halogens is 1. The van der Waals surface area contributed by atoms with E-state index in [1.54, 1.807) is 6.92 Å². The first kappa shape index (κ1) is 20.0. The Bertz CT molecular complexity index is 288. The topological polar surface area (TPSA) is 67.4 Å². The fraction of sp³-hybridized carbons (Fsp3) is 0.867. The Balaban J connectivity index is 3.43. The molecule has 1 atom stereocenters. The summed E-state index contributed by atoms with van der Waals surface area (Å²) in [6.07, 6.45) is 9.80. The van der Waals surface area contributed by atoms with E-state index in [1.165, 1.54) is 38.5 Å². The molecule has 5 nitrogen and oxygen atoms in total. The summed E-state index contributed by atoms with van der Waals surface area (Å²) in [6, 6.07) is -1.25. The van der Waals surface area contributed by atoms with Gasteiger partial charge >= 0.3 is 12.0 Å². The van der Waals surface area contributed by atoms with Crippen molar-refractivity contribution in [2.24, 2.45) is 0 Å². The monoisotopic (exact) mass is 320 g/mol. The van der Waals surface area contributed by atoms with Gasteiger partial charge in [-0.2, -0.15) is 0 Å². The van der Waals surface area contributed by atoms with Crippen molar-refractivity contribution in [1.29, 1.82) is 0 Å². The molecule has 0 rings (SSSR count). The summed E-state index contributed by atoms with van der Waals surface area (Å²) >= 11 is 5.28. The van der Waals surface area contributed by atoms with Crippen molar-refractivity contribution in [3.63, 3.8) is 0 Å². The number of hydrogen-bond acceptors (Lipinski definition) is 3. The minimum absolute atomic E-state index is 0.204. The number of rotatable bonds is 12. The standard InChI is InChI=1S/C15H29ClN2O3/c1-3-4-5-6-7-8-9-10-11-17-15(20)18-13(2)14(19)21-12-16/h13H,3-12H2,1-2H3,(H2,17,18,20). The lowest BCUT2D eigenvalue weighted by Gasteiger charge is -2.13. The lowest BCUT2D eigenvalue weighted by atomic mass is 10.1. The van der Waals surface area contributed by atoms with Gasteiger partial charge < -0.3 is 15.4 Å². The average Bonchev–Trinajstić information content (AvgIpc) is 2.45. The first-order valence-corrected chi connectivity index (χ1v) is 8.42. The zero-order chi connectivity index (χ0) is 15.9. The van der Waals surface area contributed by atoms with Crippen LogP contribution in [0.4, 0.5) is 4.79 Å². The molecule has 0 aliphatic carbocycles. The molecule has 0 spiro atoms. The summed E-state index contributed by atoms with van der Waals surface area (Å²) in [6.45, 7) is 4.40. The fourth-order valence-corrected chi connectivity index (χ4v) is 2.05. The first-order chi connectivity index (χ1) is 10.1. The van der Waals surface area contributed by atoms with E-state index in [9.17, 15) is 9.59 Å². The minimum atomic E-state index is -0.692. The van der Waals surface area contributed by atoms with E-state index in [0.29, 0.717) is 6.54 Å². The molecule has 1 unspecified atom stereocenters. The van der Waals surface area contributed by atoms with Crippen LogP contribution in [0.5, 0.6) is 0 Å². The van der Waals surface area contributed by atoms with E-state index >= 15 is 0 Å². The Morgan fingerprint density at radius 3 is 2.19 bits per heavy atom. The molecule has 0 aromatic rings. The lowest BCUT2D eigenvalue weighted by Crippen LogP contribution is -2.45. The highest BCUT2D eigenvalue weighted by molar-refractivity contribution is 6.17. The zero-order valence-corrected chi connectivity index (χ0v) is 14.0. The van der Waals surface area contributed by atoms with E-state index in [-0.39, 0.29) is 12.1 Å². The van der Waals surface area contributed by atoms with Crippen LogP contribution in [0.1, 0.15) is 65.2 Å². The maximum Gasteiger partial charge on any atom is 0.329 e. The van der Waals surface area contributed by atoms with Gasteiger partial charge in [-0.05, 0) is 13.3 Å². The predicted molar refractivity (Wildman–Crippen MR) is 85.4 cm³/mol. The number of carbonyl (C=O) groups excluding carboxylic acids is 2. The number of ether oxygens (including phenoxy) is 1. The number of amides is 2. The third-order valence-corrected chi connectivity index (χ3v) is 3.32. The molecule has 2 N–H and O–H groups in total. The van der Waals surface area contributed by atoms with Crippen LogP contribution in [0.2, 0.25) is 0 Å². The van der Waals surface area contributed by atoms with Crippen molar-refractivity contribution in [2.45, 2.75) is 71.3 Å². The average molecular weight is 321 g/mol. The second kappa shape index (κ2) is 14.0. The molecule has 2 amide bonds. The highest BCUT2D eigenvalue weighted by Gasteiger charge is 2.15. The zero-order valence-electron chi connectivity index (χ0n) is 13.3. The Morgan fingerprint density at radius 1 is 1.05 bits per heavy atom. The second-order valence-corrected chi connectivity index (χ2v) is 5.39. The maximum atomic E-state index is 11.5. The van der Waals surface area contributed by atoms with Crippen LogP contribution in [0.25, 0.3) is 0 Å². The number of esters is 1. The van der Waals surface area contributed by atoms with Gasteiger partial charge in [-0.3, -0.25) is 0 Å². The number of alkyl halides is 1. The van der Waals surface area contributed by atoms with E-state index in [4.69, 9.17) is 11.6 Å². The Hall–Kier alpha value is -0.970. The quantitative estimate of drug-likeness (QED) is 0.328. The van der Waals surface area contributed by atoms with Crippen LogP contribution in [-0.2, 0) is 9.53 Å². The smallest absolute Gasteiger partial charge is 0.329 e. The Kier molecular flexibility index (Phi) is 13.3. The normalized spacial score (nSPS) is 11.8. The molecule has 0 heterocycles. The molecule has 0 fully saturated rings. The number of nitrogens with one attached hydrogen (secondary N) is 2. The molecular formula is C15H29ClN2O3. The number of unbranched alkanes of at least 4 members (excludes halogenated alkanes) is 7. The van der Waals surface area contributed by atoms with Gasteiger partial charge in [0.2, 0.25) is 0 Å². The van der Waals surface area contributed by atoms with Crippen LogP contribution >= 0.6 is 11.6 Å². The molecule has 0 bridgehead atoms. The third-order valence-electron chi connectivity index (χ3n) is 3.21. The molecule has 0 saturated heterocycles. The highest BCUT2D eigenvalue weighted by Crippen LogP contribution is 2.07. The molecule has 0 aromatic carbocycles. The molecule has 0 aliphatic rings. The van der Waals surface area contributed by atoms with Crippen molar-refractivity contribution < 1.29 is 14.3 Å². The van der Waals surface area contributed by atoms with Gasteiger partial charge in [0.15, 0.2) is 6.07 Å². The van der Waals surface area contributed by atoms with E-state index in [0.717, 1.165) is 12.8 Å². The van der Waals surface area contributed by atoms with Crippen LogP contribution < -0.4 is 10.6 Å². The SMILES string of the molecule is CCCCCCCCCCNC(=O)NC(C)C(=O)OCCl. The van der Waals surface area contributed by atoms with Gasteiger partial charge in [0, 0.05) is 6.54 Å². The minimum Gasteiger partial charge on any atom is -0.448 e. The molecule has 0 saturated carbocycles.